The number of nitrogens with two attached hydrogens (primary N) is 1. The highest BCUT2D eigenvalue weighted by molar-refractivity contribution is 5.96. The second-order valence-electron chi connectivity index (χ2n) is 4.89. The van der Waals surface area contributed by atoms with E-state index in [1.165, 1.54) is 34.2 Å². The lowest BCUT2D eigenvalue weighted by Crippen LogP contribution is -2.11. The van der Waals surface area contributed by atoms with Crippen LogP contribution in [0.1, 0.15) is 28.8 Å². The Morgan fingerprint density at radius 1 is 1.24 bits per heavy atom. The number of fused-ring (bicyclic) bond motifs is 2. The molecule has 0 fully saturated rings. The molecule has 17 heavy (non-hydrogen) atoms. The first kappa shape index (κ1) is 10.5. The Morgan fingerprint density at radius 3 is 2.82 bits per heavy atom. The molecule has 3 rings (SSSR count). The highest BCUT2D eigenvalue weighted by Crippen LogP contribution is 2.35. The van der Waals surface area contributed by atoms with E-state index >= 15 is 0 Å². The van der Waals surface area contributed by atoms with Crippen molar-refractivity contribution in [2.24, 2.45) is 5.84 Å². The van der Waals surface area contributed by atoms with E-state index in [1.807, 2.05) is 0 Å². The van der Waals surface area contributed by atoms with Gasteiger partial charge in [-0.2, -0.15) is 0 Å². The van der Waals surface area contributed by atoms with Crippen LogP contribution < -0.4 is 11.3 Å². The Hall–Kier alpha value is -1.61. The number of hydrazine groups is 1. The number of rotatable bonds is 1. The van der Waals surface area contributed by atoms with Gasteiger partial charge in [0.15, 0.2) is 0 Å². The van der Waals surface area contributed by atoms with Gasteiger partial charge in [-0.25, -0.2) is 0 Å². The molecule has 0 bridgehead atoms. The monoisotopic (exact) mass is 227 g/mol. The minimum atomic E-state index is 1.07. The molecule has 3 nitrogen and oxygen atoms in total. The van der Waals surface area contributed by atoms with Gasteiger partial charge in [0, 0.05) is 11.1 Å². The van der Waals surface area contributed by atoms with Gasteiger partial charge in [0.25, 0.3) is 0 Å². The molecule has 0 atom stereocenters. The van der Waals surface area contributed by atoms with E-state index < -0.39 is 0 Å². The van der Waals surface area contributed by atoms with Crippen molar-refractivity contribution in [2.45, 2.75) is 33.1 Å². The van der Waals surface area contributed by atoms with Gasteiger partial charge in [0.05, 0.1) is 11.2 Å². The van der Waals surface area contributed by atoms with Gasteiger partial charge in [-0.15, -0.1) is 0 Å². The molecule has 3 N–H and O–H groups in total. The fourth-order valence-corrected chi connectivity index (χ4v) is 2.93. The van der Waals surface area contributed by atoms with Gasteiger partial charge in [-0.1, -0.05) is 6.07 Å². The Labute approximate surface area is 101 Å². The average molecular weight is 227 g/mol. The number of benzene rings is 1. The molecule has 0 amide bonds. The molecule has 1 aromatic heterocycles. The molecular weight excluding hydrogens is 210 g/mol. The molecule has 1 aromatic carbocycles. The number of hydrogen-bond acceptors (Lipinski definition) is 3. The first-order valence-corrected chi connectivity index (χ1v) is 6.10. The van der Waals surface area contributed by atoms with Crippen molar-refractivity contribution < 1.29 is 0 Å². The van der Waals surface area contributed by atoms with Crippen LogP contribution >= 0.6 is 0 Å². The number of aromatic nitrogens is 1. The summed E-state index contributed by atoms with van der Waals surface area (Å²) < 4.78 is 0. The third-order valence-corrected chi connectivity index (χ3v) is 3.60. The maximum absolute atomic E-state index is 5.72. The second kappa shape index (κ2) is 3.70. The Morgan fingerprint density at radius 2 is 2.06 bits per heavy atom. The van der Waals surface area contributed by atoms with Gasteiger partial charge in [0.1, 0.15) is 0 Å². The molecule has 1 aliphatic rings. The van der Waals surface area contributed by atoms with E-state index in [9.17, 15) is 0 Å². The molecule has 0 saturated heterocycles. The summed E-state index contributed by atoms with van der Waals surface area (Å²) in [6.07, 6.45) is 3.35. The fraction of sp³-hybridized carbons (Fsp3) is 0.357. The molecule has 0 radical (unpaired) electrons. The number of nitrogen functional groups attached to an aromatic ring is 1. The molecule has 3 heteroatoms. The maximum Gasteiger partial charge on any atom is 0.0732 e. The van der Waals surface area contributed by atoms with E-state index in [0.29, 0.717) is 0 Å². The smallest absolute Gasteiger partial charge is 0.0732 e. The largest absolute Gasteiger partial charge is 0.323 e. The lowest BCUT2D eigenvalue weighted by atomic mass is 10.0. The van der Waals surface area contributed by atoms with E-state index in [-0.39, 0.29) is 0 Å². The molecule has 1 aliphatic carbocycles. The predicted octanol–water partition coefficient (Wildman–Crippen LogP) is 2.63. The summed E-state index contributed by atoms with van der Waals surface area (Å²) >= 11 is 0. The van der Waals surface area contributed by atoms with Gasteiger partial charge in [-0.3, -0.25) is 10.8 Å². The van der Waals surface area contributed by atoms with Crippen LogP contribution in [0, 0.1) is 13.8 Å². The summed E-state index contributed by atoms with van der Waals surface area (Å²) in [5.74, 6) is 5.72. The number of nitrogens with zero attached hydrogens (tertiary/aromatic N) is 1. The Kier molecular flexibility index (Phi) is 2.30. The third kappa shape index (κ3) is 1.50. The zero-order chi connectivity index (χ0) is 12.0. The molecule has 1 heterocycles. The average Bonchev–Trinajstić information content (AvgIpc) is 2.73. The molecule has 2 aromatic rings. The van der Waals surface area contributed by atoms with Crippen LogP contribution in [0.4, 0.5) is 5.69 Å². The molecule has 0 spiro atoms. The number of pyridine rings is 1. The first-order valence-electron chi connectivity index (χ1n) is 6.10. The van der Waals surface area contributed by atoms with Gasteiger partial charge >= 0.3 is 0 Å². The molecular formula is C14H17N3. The summed E-state index contributed by atoms with van der Waals surface area (Å²) in [5, 5.41) is 1.18. The van der Waals surface area contributed by atoms with Crippen LogP contribution in [-0.2, 0) is 12.8 Å². The number of anilines is 1. The van der Waals surface area contributed by atoms with Crippen molar-refractivity contribution in [3.8, 4) is 0 Å². The Balaban J connectivity index is 2.45. The zero-order valence-corrected chi connectivity index (χ0v) is 10.3. The number of aryl methyl sites for hydroxylation is 3. The van der Waals surface area contributed by atoms with Crippen molar-refractivity contribution >= 4 is 16.6 Å². The highest BCUT2D eigenvalue weighted by atomic mass is 15.2. The minimum Gasteiger partial charge on any atom is -0.323 e. The predicted molar refractivity (Wildman–Crippen MR) is 71.1 cm³/mol. The summed E-state index contributed by atoms with van der Waals surface area (Å²) in [4.78, 5) is 4.79. The van der Waals surface area contributed by atoms with Crippen LogP contribution in [0.2, 0.25) is 0 Å². The highest BCUT2D eigenvalue weighted by Gasteiger charge is 2.20. The summed E-state index contributed by atoms with van der Waals surface area (Å²) in [6.45, 7) is 4.23. The SMILES string of the molecule is Cc1cc(C)c2c(NN)c3c(nc2c1)CCC3. The van der Waals surface area contributed by atoms with E-state index in [1.54, 1.807) is 0 Å². The minimum absolute atomic E-state index is 1.07. The number of nitrogens with one attached hydrogen (secondary N) is 1. The van der Waals surface area contributed by atoms with Crippen molar-refractivity contribution in [1.82, 2.24) is 4.98 Å². The van der Waals surface area contributed by atoms with Gasteiger partial charge in [-0.05, 0) is 55.9 Å². The summed E-state index contributed by atoms with van der Waals surface area (Å²) in [6, 6.07) is 4.33. The normalized spacial score (nSPS) is 14.1. The van der Waals surface area contributed by atoms with Crippen LogP contribution in [0.3, 0.4) is 0 Å². The maximum atomic E-state index is 5.72. The molecule has 88 valence electrons. The third-order valence-electron chi connectivity index (χ3n) is 3.60. The summed E-state index contributed by atoms with van der Waals surface area (Å²) in [7, 11) is 0. The lowest BCUT2D eigenvalue weighted by Gasteiger charge is -2.14. The van der Waals surface area contributed by atoms with Crippen LogP contribution in [0.5, 0.6) is 0 Å². The van der Waals surface area contributed by atoms with E-state index in [4.69, 9.17) is 10.8 Å². The standard InChI is InChI=1S/C14H17N3/c1-8-6-9(2)13-12(7-8)16-11-5-3-4-10(11)14(13)17-15/h6-7H,3-5,15H2,1-2H3,(H,16,17). The molecule has 0 saturated carbocycles. The topological polar surface area (TPSA) is 50.9 Å². The van der Waals surface area contributed by atoms with Crippen molar-refractivity contribution in [3.05, 3.63) is 34.5 Å². The Bertz CT molecular complexity index is 602. The molecule has 0 unspecified atom stereocenters. The van der Waals surface area contributed by atoms with Crippen LogP contribution in [0.25, 0.3) is 10.9 Å². The molecule has 0 aliphatic heterocycles. The van der Waals surface area contributed by atoms with Crippen molar-refractivity contribution in [3.63, 3.8) is 0 Å². The van der Waals surface area contributed by atoms with E-state index in [2.05, 4.69) is 31.4 Å². The number of hydrogen-bond donors (Lipinski definition) is 2. The lowest BCUT2D eigenvalue weighted by molar-refractivity contribution is 0.901. The first-order chi connectivity index (χ1) is 8.20. The van der Waals surface area contributed by atoms with Crippen LogP contribution in [-0.4, -0.2) is 4.98 Å². The van der Waals surface area contributed by atoms with Gasteiger partial charge in [0.2, 0.25) is 0 Å². The van der Waals surface area contributed by atoms with Crippen LogP contribution in [0.15, 0.2) is 12.1 Å². The van der Waals surface area contributed by atoms with Crippen molar-refractivity contribution in [2.75, 3.05) is 5.43 Å². The van der Waals surface area contributed by atoms with E-state index in [0.717, 1.165) is 24.0 Å². The van der Waals surface area contributed by atoms with Gasteiger partial charge < -0.3 is 5.43 Å². The fourth-order valence-electron chi connectivity index (χ4n) is 2.93. The second-order valence-corrected chi connectivity index (χ2v) is 4.89. The quantitative estimate of drug-likeness (QED) is 0.581. The van der Waals surface area contributed by atoms with Crippen molar-refractivity contribution in [1.29, 1.82) is 0 Å². The summed E-state index contributed by atoms with van der Waals surface area (Å²) in [5.41, 5.74) is 10.1. The zero-order valence-electron chi connectivity index (χ0n) is 10.3.